The highest BCUT2D eigenvalue weighted by Crippen LogP contribution is 2.24. The van der Waals surface area contributed by atoms with Crippen LogP contribution in [0.15, 0.2) is 23.3 Å². The van der Waals surface area contributed by atoms with E-state index in [0.29, 0.717) is 0 Å². The first-order valence-corrected chi connectivity index (χ1v) is 4.61. The molecule has 74 valence electrons. The van der Waals surface area contributed by atoms with Crippen LogP contribution in [-0.2, 0) is 4.79 Å². The number of rotatable bonds is 2. The van der Waals surface area contributed by atoms with Gasteiger partial charge in [-0.2, -0.15) is 0 Å². The third-order valence-electron chi connectivity index (χ3n) is 1.97. The summed E-state index contributed by atoms with van der Waals surface area (Å²) in [4.78, 5) is 11.4. The van der Waals surface area contributed by atoms with Crippen LogP contribution in [0.5, 0.6) is 0 Å². The Bertz CT molecular complexity index is 245. The molecule has 0 aromatic rings. The van der Waals surface area contributed by atoms with Gasteiger partial charge < -0.3 is 0 Å². The van der Waals surface area contributed by atoms with E-state index in [0.717, 1.165) is 11.1 Å². The van der Waals surface area contributed by atoms with Crippen molar-refractivity contribution in [1.29, 1.82) is 0 Å². The van der Waals surface area contributed by atoms with Gasteiger partial charge >= 0.3 is 0 Å². The van der Waals surface area contributed by atoms with Crippen molar-refractivity contribution in [2.75, 3.05) is 0 Å². The summed E-state index contributed by atoms with van der Waals surface area (Å²) in [6.07, 6.45) is 3.38. The Morgan fingerprint density at radius 1 is 1.00 bits per heavy atom. The first-order chi connectivity index (χ1) is 5.73. The van der Waals surface area contributed by atoms with Crippen LogP contribution in [0, 0.1) is 5.41 Å². The number of hydrogen-bond acceptors (Lipinski definition) is 1. The zero-order chi connectivity index (χ0) is 10.6. The molecule has 0 spiro atoms. The number of carbonyl (C=O) groups is 1. The fourth-order valence-electron chi connectivity index (χ4n) is 0.756. The van der Waals surface area contributed by atoms with Crippen LogP contribution in [0.2, 0.25) is 0 Å². The van der Waals surface area contributed by atoms with Gasteiger partial charge in [-0.3, -0.25) is 4.79 Å². The molecule has 0 N–H and O–H groups in total. The lowest BCUT2D eigenvalue weighted by molar-refractivity contribution is -0.110. The minimum Gasteiger partial charge on any atom is -0.290 e. The summed E-state index contributed by atoms with van der Waals surface area (Å²) in [5.41, 5.74) is 2.25. The van der Waals surface area contributed by atoms with Gasteiger partial charge in [-0.05, 0) is 38.3 Å². The van der Waals surface area contributed by atoms with Gasteiger partial charge in [0.15, 0.2) is 5.78 Å². The van der Waals surface area contributed by atoms with E-state index in [4.69, 9.17) is 0 Å². The van der Waals surface area contributed by atoms with E-state index in [1.165, 1.54) is 0 Å². The predicted molar refractivity (Wildman–Crippen MR) is 57.7 cm³/mol. The van der Waals surface area contributed by atoms with Crippen LogP contribution < -0.4 is 0 Å². The largest absolute Gasteiger partial charge is 0.290 e. The SMILES string of the molecule is CC(C)=CC(=O)C=C(C)C(C)(C)C. The Balaban J connectivity index is 4.60. The smallest absolute Gasteiger partial charge is 0.178 e. The van der Waals surface area contributed by atoms with Crippen molar-refractivity contribution in [2.45, 2.75) is 41.5 Å². The molecule has 0 aromatic carbocycles. The van der Waals surface area contributed by atoms with Gasteiger partial charge in [-0.1, -0.05) is 31.9 Å². The van der Waals surface area contributed by atoms with E-state index in [1.807, 2.05) is 20.8 Å². The standard InChI is InChI=1S/C12H20O/c1-9(2)7-11(13)8-10(3)12(4,5)6/h7-8H,1-6H3. The van der Waals surface area contributed by atoms with Crippen molar-refractivity contribution in [1.82, 2.24) is 0 Å². The van der Waals surface area contributed by atoms with Crippen molar-refractivity contribution in [3.8, 4) is 0 Å². The maximum Gasteiger partial charge on any atom is 0.178 e. The highest BCUT2D eigenvalue weighted by molar-refractivity contribution is 6.00. The lowest BCUT2D eigenvalue weighted by Gasteiger charge is -2.18. The Morgan fingerprint density at radius 3 is 1.77 bits per heavy atom. The summed E-state index contributed by atoms with van der Waals surface area (Å²) >= 11 is 0. The van der Waals surface area contributed by atoms with Crippen LogP contribution in [0.25, 0.3) is 0 Å². The molecule has 0 amide bonds. The average Bonchev–Trinajstić information content (AvgIpc) is 1.82. The fraction of sp³-hybridized carbons (Fsp3) is 0.583. The lowest BCUT2D eigenvalue weighted by Crippen LogP contribution is -2.08. The van der Waals surface area contributed by atoms with E-state index in [1.54, 1.807) is 12.2 Å². The maximum absolute atomic E-state index is 11.4. The molecule has 1 heteroatoms. The van der Waals surface area contributed by atoms with Gasteiger partial charge in [0, 0.05) is 0 Å². The van der Waals surface area contributed by atoms with Crippen LogP contribution in [0.4, 0.5) is 0 Å². The lowest BCUT2D eigenvalue weighted by atomic mass is 9.87. The Morgan fingerprint density at radius 2 is 1.46 bits per heavy atom. The van der Waals surface area contributed by atoms with Crippen molar-refractivity contribution in [3.05, 3.63) is 23.3 Å². The summed E-state index contributed by atoms with van der Waals surface area (Å²) in [5.74, 6) is 0.0902. The second-order valence-corrected chi connectivity index (χ2v) is 4.70. The first-order valence-electron chi connectivity index (χ1n) is 4.61. The zero-order valence-corrected chi connectivity index (χ0v) is 9.56. The molecule has 0 saturated heterocycles. The topological polar surface area (TPSA) is 17.1 Å². The van der Waals surface area contributed by atoms with Crippen molar-refractivity contribution in [2.24, 2.45) is 5.41 Å². The van der Waals surface area contributed by atoms with E-state index in [-0.39, 0.29) is 11.2 Å². The molecule has 1 nitrogen and oxygen atoms in total. The van der Waals surface area contributed by atoms with Crippen LogP contribution in [0.1, 0.15) is 41.5 Å². The van der Waals surface area contributed by atoms with E-state index < -0.39 is 0 Å². The molecule has 0 aliphatic heterocycles. The second kappa shape index (κ2) is 4.40. The summed E-state index contributed by atoms with van der Waals surface area (Å²) < 4.78 is 0. The fourth-order valence-corrected chi connectivity index (χ4v) is 0.756. The van der Waals surface area contributed by atoms with Crippen molar-refractivity contribution in [3.63, 3.8) is 0 Å². The first kappa shape index (κ1) is 12.2. The quantitative estimate of drug-likeness (QED) is 0.594. The monoisotopic (exact) mass is 180 g/mol. The van der Waals surface area contributed by atoms with Gasteiger partial charge in [0.2, 0.25) is 0 Å². The molecule has 0 heterocycles. The van der Waals surface area contributed by atoms with Gasteiger partial charge in [-0.15, -0.1) is 0 Å². The van der Waals surface area contributed by atoms with E-state index in [9.17, 15) is 4.79 Å². The molecule has 0 saturated carbocycles. The van der Waals surface area contributed by atoms with E-state index >= 15 is 0 Å². The summed E-state index contributed by atoms with van der Waals surface area (Å²) in [5, 5.41) is 0. The molecule has 0 fully saturated rings. The Kier molecular flexibility index (Phi) is 4.12. The highest BCUT2D eigenvalue weighted by atomic mass is 16.1. The molecule has 0 aromatic heterocycles. The van der Waals surface area contributed by atoms with Gasteiger partial charge in [-0.25, -0.2) is 0 Å². The van der Waals surface area contributed by atoms with Crippen molar-refractivity contribution >= 4 is 5.78 Å². The van der Waals surface area contributed by atoms with Gasteiger partial charge in [0.1, 0.15) is 0 Å². The number of hydrogen-bond donors (Lipinski definition) is 0. The summed E-state index contributed by atoms with van der Waals surface area (Å²) in [7, 11) is 0. The summed E-state index contributed by atoms with van der Waals surface area (Å²) in [6.45, 7) is 12.2. The van der Waals surface area contributed by atoms with Crippen LogP contribution in [0.3, 0.4) is 0 Å². The van der Waals surface area contributed by atoms with Crippen LogP contribution in [-0.4, -0.2) is 5.78 Å². The normalized spacial score (nSPS) is 12.6. The molecule has 0 bridgehead atoms. The molecular formula is C12H20O. The molecule has 0 radical (unpaired) electrons. The molecular weight excluding hydrogens is 160 g/mol. The predicted octanol–water partition coefficient (Wildman–Crippen LogP) is 3.51. The third-order valence-corrected chi connectivity index (χ3v) is 1.97. The molecule has 0 aliphatic rings. The molecule has 0 aliphatic carbocycles. The minimum absolute atomic E-state index is 0.0884. The average molecular weight is 180 g/mol. The molecule has 0 unspecified atom stereocenters. The highest BCUT2D eigenvalue weighted by Gasteiger charge is 2.12. The molecule has 0 atom stereocenters. The van der Waals surface area contributed by atoms with Crippen LogP contribution >= 0.6 is 0 Å². The summed E-state index contributed by atoms with van der Waals surface area (Å²) in [6, 6.07) is 0. The third kappa shape index (κ3) is 5.40. The van der Waals surface area contributed by atoms with Gasteiger partial charge in [0.05, 0.1) is 0 Å². The Labute approximate surface area is 81.5 Å². The maximum atomic E-state index is 11.4. The zero-order valence-electron chi connectivity index (χ0n) is 9.56. The Hall–Kier alpha value is -0.850. The van der Waals surface area contributed by atoms with E-state index in [2.05, 4.69) is 20.8 Å². The number of allylic oxidation sites excluding steroid dienone is 4. The molecule has 0 rings (SSSR count). The van der Waals surface area contributed by atoms with Crippen molar-refractivity contribution < 1.29 is 4.79 Å². The second-order valence-electron chi connectivity index (χ2n) is 4.70. The number of ketones is 1. The minimum atomic E-state index is 0.0884. The van der Waals surface area contributed by atoms with Gasteiger partial charge in [0.25, 0.3) is 0 Å². The molecule has 13 heavy (non-hydrogen) atoms. The number of carbonyl (C=O) groups excluding carboxylic acids is 1.